The maximum atomic E-state index is 10.7. The number of hydrogen-bond donors (Lipinski definition) is 1. The molecule has 1 rings (SSSR count). The zero-order valence-corrected chi connectivity index (χ0v) is 8.98. The minimum Gasteiger partial charge on any atom is -0.479 e. The van der Waals surface area contributed by atoms with E-state index in [0.717, 1.165) is 25.9 Å². The van der Waals surface area contributed by atoms with Crippen molar-refractivity contribution in [1.29, 1.82) is 0 Å². The van der Waals surface area contributed by atoms with Crippen molar-refractivity contribution in [2.75, 3.05) is 26.9 Å². The summed E-state index contributed by atoms with van der Waals surface area (Å²) in [6.45, 7) is 1.15. The molecule has 0 aromatic heterocycles. The molecule has 1 fully saturated rings. The molecule has 0 aromatic rings. The fourth-order valence-corrected chi connectivity index (χ4v) is 1.50. The van der Waals surface area contributed by atoms with Gasteiger partial charge in [-0.1, -0.05) is 0 Å². The van der Waals surface area contributed by atoms with Gasteiger partial charge in [0.05, 0.1) is 19.3 Å². The predicted molar refractivity (Wildman–Crippen MR) is 52.8 cm³/mol. The zero-order valence-electron chi connectivity index (χ0n) is 8.98. The van der Waals surface area contributed by atoms with E-state index in [0.29, 0.717) is 6.61 Å². The fraction of sp³-hybridized carbons (Fsp3) is 0.900. The highest BCUT2D eigenvalue weighted by atomic mass is 16.6. The number of methoxy groups -OCH3 is 1. The lowest BCUT2D eigenvalue weighted by molar-refractivity contribution is -0.158. The lowest BCUT2D eigenvalue weighted by Gasteiger charge is -2.23. The molecule has 5 nitrogen and oxygen atoms in total. The van der Waals surface area contributed by atoms with Gasteiger partial charge in [0, 0.05) is 13.7 Å². The Morgan fingerprint density at radius 3 is 2.93 bits per heavy atom. The molecular weight excluding hydrogens is 200 g/mol. The van der Waals surface area contributed by atoms with Crippen molar-refractivity contribution in [3.05, 3.63) is 0 Å². The van der Waals surface area contributed by atoms with Gasteiger partial charge in [0.25, 0.3) is 0 Å². The van der Waals surface area contributed by atoms with Gasteiger partial charge in [0.15, 0.2) is 6.10 Å². The van der Waals surface area contributed by atoms with Gasteiger partial charge in [-0.05, 0) is 19.3 Å². The van der Waals surface area contributed by atoms with Crippen LogP contribution in [0.15, 0.2) is 0 Å². The maximum Gasteiger partial charge on any atom is 0.335 e. The minimum atomic E-state index is -0.993. The second-order valence-electron chi connectivity index (χ2n) is 3.60. The van der Waals surface area contributed by atoms with Crippen LogP contribution in [0, 0.1) is 0 Å². The van der Waals surface area contributed by atoms with E-state index < -0.39 is 12.1 Å². The molecule has 0 radical (unpaired) electrons. The lowest BCUT2D eigenvalue weighted by Crippen LogP contribution is -2.33. The van der Waals surface area contributed by atoms with Gasteiger partial charge in [-0.3, -0.25) is 0 Å². The van der Waals surface area contributed by atoms with Crippen molar-refractivity contribution in [2.45, 2.75) is 31.5 Å². The smallest absolute Gasteiger partial charge is 0.335 e. The molecule has 1 saturated heterocycles. The van der Waals surface area contributed by atoms with Crippen LogP contribution in [-0.2, 0) is 19.0 Å². The van der Waals surface area contributed by atoms with E-state index in [2.05, 4.69) is 0 Å². The van der Waals surface area contributed by atoms with Gasteiger partial charge in [-0.25, -0.2) is 4.79 Å². The Kier molecular flexibility index (Phi) is 5.60. The van der Waals surface area contributed by atoms with Crippen LogP contribution in [-0.4, -0.2) is 50.2 Å². The van der Waals surface area contributed by atoms with Crippen LogP contribution in [0.4, 0.5) is 0 Å². The van der Waals surface area contributed by atoms with Crippen molar-refractivity contribution < 1.29 is 24.1 Å². The summed E-state index contributed by atoms with van der Waals surface area (Å²) in [7, 11) is 1.45. The van der Waals surface area contributed by atoms with E-state index in [1.54, 1.807) is 0 Å². The van der Waals surface area contributed by atoms with E-state index in [1.165, 1.54) is 7.11 Å². The van der Waals surface area contributed by atoms with E-state index in [4.69, 9.17) is 19.3 Å². The Bertz CT molecular complexity index is 188. The van der Waals surface area contributed by atoms with Crippen molar-refractivity contribution in [3.63, 3.8) is 0 Å². The standard InChI is InChI=1S/C10H18O5/c1-13-7-9(10(11)12)15-6-8-4-2-3-5-14-8/h8-9H,2-7H2,1H3,(H,11,12). The number of carboxylic acid groups (broad SMARTS) is 1. The lowest BCUT2D eigenvalue weighted by atomic mass is 10.1. The van der Waals surface area contributed by atoms with Crippen LogP contribution in [0.1, 0.15) is 19.3 Å². The Morgan fingerprint density at radius 1 is 1.60 bits per heavy atom. The van der Waals surface area contributed by atoms with Gasteiger partial charge in [-0.15, -0.1) is 0 Å². The van der Waals surface area contributed by atoms with E-state index >= 15 is 0 Å². The first-order valence-corrected chi connectivity index (χ1v) is 5.19. The average molecular weight is 218 g/mol. The first-order chi connectivity index (χ1) is 7.24. The second-order valence-corrected chi connectivity index (χ2v) is 3.60. The molecule has 2 unspecified atom stereocenters. The average Bonchev–Trinajstić information content (AvgIpc) is 2.25. The fourth-order valence-electron chi connectivity index (χ4n) is 1.50. The molecule has 0 bridgehead atoms. The SMILES string of the molecule is COCC(OCC1CCCCO1)C(=O)O. The maximum absolute atomic E-state index is 10.7. The Labute approximate surface area is 89.3 Å². The highest BCUT2D eigenvalue weighted by molar-refractivity contribution is 5.72. The molecule has 0 aliphatic carbocycles. The van der Waals surface area contributed by atoms with Gasteiger partial charge in [-0.2, -0.15) is 0 Å². The summed E-state index contributed by atoms with van der Waals surface area (Å²) in [5.74, 6) is -0.993. The van der Waals surface area contributed by atoms with Crippen LogP contribution in [0.2, 0.25) is 0 Å². The monoisotopic (exact) mass is 218 g/mol. The first-order valence-electron chi connectivity index (χ1n) is 5.19. The zero-order chi connectivity index (χ0) is 11.1. The summed E-state index contributed by atoms with van der Waals surface area (Å²) in [6.07, 6.45) is 2.30. The number of hydrogen-bond acceptors (Lipinski definition) is 4. The third kappa shape index (κ3) is 4.59. The van der Waals surface area contributed by atoms with Crippen LogP contribution in [0.3, 0.4) is 0 Å². The first kappa shape index (κ1) is 12.4. The molecule has 1 heterocycles. The second kappa shape index (κ2) is 6.76. The molecule has 5 heteroatoms. The van der Waals surface area contributed by atoms with Gasteiger partial charge >= 0.3 is 5.97 Å². The number of aliphatic carboxylic acids is 1. The summed E-state index contributed by atoms with van der Waals surface area (Å²) < 4.78 is 15.4. The van der Waals surface area contributed by atoms with Gasteiger partial charge in [0.1, 0.15) is 0 Å². The summed E-state index contributed by atoms with van der Waals surface area (Å²) in [5.41, 5.74) is 0. The topological polar surface area (TPSA) is 65.0 Å². The minimum absolute atomic E-state index is 0.0393. The van der Waals surface area contributed by atoms with Crippen molar-refractivity contribution >= 4 is 5.97 Å². The molecular formula is C10H18O5. The van der Waals surface area contributed by atoms with Crippen molar-refractivity contribution in [1.82, 2.24) is 0 Å². The van der Waals surface area contributed by atoms with Crippen molar-refractivity contribution in [2.24, 2.45) is 0 Å². The van der Waals surface area contributed by atoms with Crippen LogP contribution in [0.5, 0.6) is 0 Å². The number of ether oxygens (including phenoxy) is 3. The van der Waals surface area contributed by atoms with Gasteiger partial charge < -0.3 is 19.3 Å². The molecule has 2 atom stereocenters. The Morgan fingerprint density at radius 2 is 2.40 bits per heavy atom. The Balaban J connectivity index is 2.22. The number of carbonyl (C=O) groups is 1. The molecule has 88 valence electrons. The molecule has 1 N–H and O–H groups in total. The summed E-state index contributed by atoms with van der Waals surface area (Å²) >= 11 is 0. The molecule has 0 spiro atoms. The summed E-state index contributed by atoms with van der Waals surface area (Å²) in [4.78, 5) is 10.7. The molecule has 0 saturated carbocycles. The summed E-state index contributed by atoms with van der Waals surface area (Å²) in [6, 6.07) is 0. The summed E-state index contributed by atoms with van der Waals surface area (Å²) in [5, 5.41) is 8.79. The third-order valence-corrected chi connectivity index (χ3v) is 2.35. The largest absolute Gasteiger partial charge is 0.479 e. The molecule has 15 heavy (non-hydrogen) atoms. The van der Waals surface area contributed by atoms with Crippen LogP contribution < -0.4 is 0 Å². The quantitative estimate of drug-likeness (QED) is 0.710. The van der Waals surface area contributed by atoms with E-state index in [1.807, 2.05) is 0 Å². The van der Waals surface area contributed by atoms with Gasteiger partial charge in [0.2, 0.25) is 0 Å². The highest BCUT2D eigenvalue weighted by Gasteiger charge is 2.21. The highest BCUT2D eigenvalue weighted by Crippen LogP contribution is 2.13. The van der Waals surface area contributed by atoms with E-state index in [-0.39, 0.29) is 12.7 Å². The molecule has 1 aliphatic rings. The molecule has 0 amide bonds. The molecule has 0 aromatic carbocycles. The van der Waals surface area contributed by atoms with Crippen LogP contribution in [0.25, 0.3) is 0 Å². The third-order valence-electron chi connectivity index (χ3n) is 2.35. The Hall–Kier alpha value is -0.650. The normalized spacial score (nSPS) is 23.7. The van der Waals surface area contributed by atoms with Crippen molar-refractivity contribution in [3.8, 4) is 0 Å². The van der Waals surface area contributed by atoms with Crippen LogP contribution >= 0.6 is 0 Å². The number of rotatable bonds is 6. The predicted octanol–water partition coefficient (Wildman–Crippen LogP) is 0.672. The van der Waals surface area contributed by atoms with E-state index in [9.17, 15) is 4.79 Å². The number of carboxylic acids is 1. The molecule has 1 aliphatic heterocycles.